The highest BCUT2D eigenvalue weighted by molar-refractivity contribution is 7.87. The smallest absolute Gasteiger partial charge is 0.370 e. The van der Waals surface area contributed by atoms with E-state index in [1.165, 1.54) is 19.1 Å². The van der Waals surface area contributed by atoms with Crippen LogP contribution in [0, 0.1) is 0 Å². The molecular formula is C27H30O18S. The van der Waals surface area contributed by atoms with Crippen LogP contribution in [0.5, 0.6) is 23.0 Å². The van der Waals surface area contributed by atoms with Crippen molar-refractivity contribution in [3.63, 3.8) is 0 Å². The van der Waals surface area contributed by atoms with Gasteiger partial charge in [-0.3, -0.25) is 9.35 Å². The Morgan fingerprint density at radius 1 is 0.870 bits per heavy atom. The van der Waals surface area contributed by atoms with E-state index in [2.05, 4.69) is 0 Å². The van der Waals surface area contributed by atoms with Crippen LogP contribution in [0.25, 0.3) is 22.3 Å². The van der Waals surface area contributed by atoms with E-state index in [0.717, 1.165) is 24.3 Å². The van der Waals surface area contributed by atoms with E-state index in [1.54, 1.807) is 0 Å². The lowest BCUT2D eigenvalue weighted by Crippen LogP contribution is -2.70. The summed E-state index contributed by atoms with van der Waals surface area (Å²) in [5.74, 6) is -3.40. The Morgan fingerprint density at radius 3 is 2.15 bits per heavy atom. The molecule has 46 heavy (non-hydrogen) atoms. The molecule has 2 aromatic carbocycles. The van der Waals surface area contributed by atoms with E-state index < -0.39 is 116 Å². The number of hydrogen-bond acceptors (Lipinski definition) is 17. The van der Waals surface area contributed by atoms with Crippen LogP contribution >= 0.6 is 0 Å². The summed E-state index contributed by atoms with van der Waals surface area (Å²) < 4.78 is 63.3. The van der Waals surface area contributed by atoms with E-state index in [4.69, 9.17) is 23.4 Å². The molecule has 0 amide bonds. The SMILES string of the molecule is CC1OC(OCC2OC(Oc3c(-c4ccc(O)cc4)oc4cc(O)cc(O)c4c3=O)(S(=O)(=O)O)C(O)C(O)C2O)C(O)C(O)C1O. The van der Waals surface area contributed by atoms with Gasteiger partial charge in [0.2, 0.25) is 11.2 Å². The maximum absolute atomic E-state index is 13.7. The molecule has 2 saturated heterocycles. The molecule has 10 atom stereocenters. The van der Waals surface area contributed by atoms with Gasteiger partial charge in [0.15, 0.2) is 18.2 Å². The van der Waals surface area contributed by atoms with Crippen molar-refractivity contribution in [2.75, 3.05) is 6.61 Å². The van der Waals surface area contributed by atoms with Crippen molar-refractivity contribution >= 4 is 21.1 Å². The lowest BCUT2D eigenvalue weighted by molar-refractivity contribution is -0.328. The third kappa shape index (κ3) is 5.75. The van der Waals surface area contributed by atoms with Gasteiger partial charge in [-0.2, -0.15) is 8.42 Å². The van der Waals surface area contributed by atoms with Gasteiger partial charge in [-0.05, 0) is 31.2 Å². The standard InChI is InChI=1S/C27H30O18S/c1-9-17(31)20(34)22(36)26(42-9)41-8-15-18(32)21(35)25(37)27(44-15,46(38,39)40)45-24-19(33)16-13(30)6-12(29)7-14(16)43-23(24)10-2-4-11(28)5-3-10/h2-7,9,15,17-18,20-22,25-26,28-32,34-37H,8H2,1H3,(H,38,39,40). The first-order valence-corrected chi connectivity index (χ1v) is 14.9. The molecule has 5 rings (SSSR count). The van der Waals surface area contributed by atoms with E-state index in [9.17, 15) is 63.7 Å². The van der Waals surface area contributed by atoms with Crippen LogP contribution < -0.4 is 10.2 Å². The summed E-state index contributed by atoms with van der Waals surface area (Å²) in [6, 6.07) is 6.33. The Morgan fingerprint density at radius 2 is 1.52 bits per heavy atom. The second-order valence-corrected chi connectivity index (χ2v) is 12.3. The van der Waals surface area contributed by atoms with Crippen molar-refractivity contribution in [2.24, 2.45) is 0 Å². The van der Waals surface area contributed by atoms with Crippen molar-refractivity contribution in [2.45, 2.75) is 67.2 Å². The average molecular weight is 675 g/mol. The molecule has 2 fully saturated rings. The summed E-state index contributed by atoms with van der Waals surface area (Å²) in [4.78, 5) is 13.7. The van der Waals surface area contributed by atoms with Gasteiger partial charge in [0.1, 0.15) is 64.8 Å². The molecule has 0 spiro atoms. The fourth-order valence-electron chi connectivity index (χ4n) is 5.10. The highest BCUT2D eigenvalue weighted by Gasteiger charge is 2.64. The van der Waals surface area contributed by atoms with Gasteiger partial charge >= 0.3 is 15.2 Å². The second-order valence-electron chi connectivity index (χ2n) is 10.8. The molecular weight excluding hydrogens is 644 g/mol. The number of rotatable bonds is 7. The van der Waals surface area contributed by atoms with Gasteiger partial charge in [-0.15, -0.1) is 0 Å². The summed E-state index contributed by atoms with van der Waals surface area (Å²) in [5.41, 5.74) is -1.84. The van der Waals surface area contributed by atoms with E-state index >= 15 is 0 Å². The normalized spacial score (nSPS) is 33.6. The summed E-state index contributed by atoms with van der Waals surface area (Å²) in [6.45, 7) is 0.361. The molecule has 0 bridgehead atoms. The lowest BCUT2D eigenvalue weighted by atomic mass is 9.98. The first-order valence-electron chi connectivity index (χ1n) is 13.5. The molecule has 10 N–H and O–H groups in total. The monoisotopic (exact) mass is 674 g/mol. The fourth-order valence-corrected chi connectivity index (χ4v) is 5.97. The highest BCUT2D eigenvalue weighted by atomic mass is 32.2. The molecule has 19 heteroatoms. The maximum atomic E-state index is 13.7. The summed E-state index contributed by atoms with van der Waals surface area (Å²) in [6.07, 6.45) is -17.4. The van der Waals surface area contributed by atoms with Crippen LogP contribution in [0.3, 0.4) is 0 Å². The number of ether oxygens (including phenoxy) is 4. The van der Waals surface area contributed by atoms with Crippen molar-refractivity contribution in [3.05, 3.63) is 46.6 Å². The summed E-state index contributed by atoms with van der Waals surface area (Å²) in [5, 5.41) is 88.0. The lowest BCUT2D eigenvalue weighted by Gasteiger charge is -2.46. The minimum Gasteiger partial charge on any atom is -0.508 e. The molecule has 3 aromatic rings. The Kier molecular flexibility index (Phi) is 8.96. The minimum atomic E-state index is -5.89. The van der Waals surface area contributed by atoms with Crippen LogP contribution in [0.4, 0.5) is 0 Å². The number of hydrogen-bond donors (Lipinski definition) is 10. The molecule has 0 aliphatic carbocycles. The zero-order valence-corrected chi connectivity index (χ0v) is 24.3. The number of aromatic hydroxyl groups is 3. The van der Waals surface area contributed by atoms with Gasteiger partial charge in [0.25, 0.3) is 0 Å². The average Bonchev–Trinajstić information content (AvgIpc) is 2.98. The molecule has 2 aliphatic heterocycles. The Balaban J connectivity index is 1.61. The van der Waals surface area contributed by atoms with E-state index in [1.807, 2.05) is 0 Å². The predicted molar refractivity (Wildman–Crippen MR) is 149 cm³/mol. The third-order valence-electron chi connectivity index (χ3n) is 7.62. The Labute approximate surface area is 258 Å². The van der Waals surface area contributed by atoms with Gasteiger partial charge in [0.05, 0.1) is 12.7 Å². The third-order valence-corrected chi connectivity index (χ3v) is 8.76. The number of aliphatic hydroxyl groups is 6. The van der Waals surface area contributed by atoms with Gasteiger partial charge < -0.3 is 69.3 Å². The quantitative estimate of drug-likeness (QED) is 0.119. The fraction of sp³-hybridized carbons (Fsp3) is 0.444. The maximum Gasteiger partial charge on any atom is 0.370 e. The largest absolute Gasteiger partial charge is 0.508 e. The van der Waals surface area contributed by atoms with Crippen molar-refractivity contribution < 1.29 is 82.3 Å². The molecule has 18 nitrogen and oxygen atoms in total. The summed E-state index contributed by atoms with van der Waals surface area (Å²) in [7, 11) is -5.89. The number of fused-ring (bicyclic) bond motifs is 1. The first-order chi connectivity index (χ1) is 21.5. The molecule has 252 valence electrons. The minimum absolute atomic E-state index is 0.0795. The van der Waals surface area contributed by atoms with E-state index in [0.29, 0.717) is 0 Å². The summed E-state index contributed by atoms with van der Waals surface area (Å²) >= 11 is 0. The van der Waals surface area contributed by atoms with Crippen LogP contribution in [0.2, 0.25) is 0 Å². The van der Waals surface area contributed by atoms with E-state index in [-0.39, 0.29) is 11.3 Å². The second kappa shape index (κ2) is 12.2. The first kappa shape index (κ1) is 33.8. The van der Waals surface area contributed by atoms with Crippen molar-refractivity contribution in [1.82, 2.24) is 0 Å². The Bertz CT molecular complexity index is 1760. The molecule has 2 aliphatic rings. The number of benzene rings is 2. The molecule has 0 radical (unpaired) electrons. The van der Waals surface area contributed by atoms with Gasteiger partial charge in [-0.1, -0.05) is 0 Å². The Hall–Kier alpha value is -3.60. The van der Waals surface area contributed by atoms with Crippen LogP contribution in [0.1, 0.15) is 6.92 Å². The molecule has 3 heterocycles. The number of phenolic OH excluding ortho intramolecular Hbond substituents is 3. The zero-order chi connectivity index (χ0) is 33.9. The highest BCUT2D eigenvalue weighted by Crippen LogP contribution is 2.42. The zero-order valence-electron chi connectivity index (χ0n) is 23.5. The van der Waals surface area contributed by atoms with Gasteiger partial charge in [-0.25, -0.2) is 0 Å². The van der Waals surface area contributed by atoms with Gasteiger partial charge in [0, 0.05) is 17.7 Å². The predicted octanol–water partition coefficient (Wildman–Crippen LogP) is -2.18. The molecule has 1 aromatic heterocycles. The van der Waals surface area contributed by atoms with Crippen LogP contribution in [0.15, 0.2) is 45.6 Å². The number of aliphatic hydroxyl groups excluding tert-OH is 6. The van der Waals surface area contributed by atoms with Crippen LogP contribution in [-0.2, 0) is 24.3 Å². The topological polar surface area (TPSA) is 304 Å². The molecule has 0 saturated carbocycles. The van der Waals surface area contributed by atoms with Crippen LogP contribution in [-0.4, -0.2) is 126 Å². The molecule has 10 unspecified atom stereocenters. The number of phenols is 3. The van der Waals surface area contributed by atoms with Crippen molar-refractivity contribution in [1.29, 1.82) is 0 Å². The van der Waals surface area contributed by atoms with Crippen molar-refractivity contribution in [3.8, 4) is 34.3 Å².